The van der Waals surface area contributed by atoms with Crippen LogP contribution in [-0.2, 0) is 21.7 Å². The number of imidazole rings is 1. The molecule has 2 heterocycles. The van der Waals surface area contributed by atoms with Gasteiger partial charge >= 0.3 is 0 Å². The second-order valence-corrected chi connectivity index (χ2v) is 10.6. The van der Waals surface area contributed by atoms with E-state index in [2.05, 4.69) is 20.3 Å². The number of methoxy groups -OCH3 is 2. The Morgan fingerprint density at radius 3 is 2.05 bits per heavy atom. The summed E-state index contributed by atoms with van der Waals surface area (Å²) >= 11 is 0. The fraction of sp³-hybridized carbons (Fsp3) is 0.273. The second kappa shape index (κ2) is 13.1. The van der Waals surface area contributed by atoms with Crippen molar-refractivity contribution in [2.45, 2.75) is 32.1 Å². The number of carbonyl (C=O) groups is 1. The zero-order chi connectivity index (χ0) is 31.3. The Morgan fingerprint density at radius 1 is 0.932 bits per heavy atom. The van der Waals surface area contributed by atoms with Crippen LogP contribution in [0.2, 0.25) is 0 Å². The van der Waals surface area contributed by atoms with Gasteiger partial charge in [0.15, 0.2) is 11.2 Å². The number of aromatic amines is 1. The molecule has 11 nitrogen and oxygen atoms in total. The topological polar surface area (TPSA) is 141 Å². The number of amides is 1. The normalized spacial score (nSPS) is 12.3. The van der Waals surface area contributed by atoms with Gasteiger partial charge in [0, 0.05) is 5.92 Å². The highest BCUT2D eigenvalue weighted by molar-refractivity contribution is 5.91. The Kier molecular flexibility index (Phi) is 9.07. The molecule has 0 radical (unpaired) electrons. The molecule has 0 aliphatic heterocycles. The van der Waals surface area contributed by atoms with Crippen LogP contribution in [0.15, 0.2) is 90.0 Å². The number of aliphatic hydroxyl groups is 1. The number of aromatic nitrogens is 4. The van der Waals surface area contributed by atoms with Crippen LogP contribution in [0.4, 0.5) is 5.95 Å². The number of fused-ring (bicyclic) bond motifs is 1. The van der Waals surface area contributed by atoms with E-state index in [0.717, 1.165) is 16.7 Å². The second-order valence-electron chi connectivity index (χ2n) is 10.6. The molecule has 1 unspecified atom stereocenters. The molecule has 0 aliphatic rings. The SMILES string of the molecule is COc1ccc(C(OCC(O)Cn2cnc3c(=O)[nH]c(NC(=O)C(C)C)nc32)(c2ccccc2)c2ccc(OC)cc2)cc1. The summed E-state index contributed by atoms with van der Waals surface area (Å²) in [4.78, 5) is 35.9. The number of H-pyrrole nitrogens is 1. The summed E-state index contributed by atoms with van der Waals surface area (Å²) in [6.07, 6.45) is 0.406. The summed E-state index contributed by atoms with van der Waals surface area (Å²) < 4.78 is 19.1. The fourth-order valence-electron chi connectivity index (χ4n) is 4.98. The highest BCUT2D eigenvalue weighted by atomic mass is 16.5. The molecule has 11 heteroatoms. The molecule has 0 fully saturated rings. The van der Waals surface area contributed by atoms with Crippen LogP contribution in [0.25, 0.3) is 11.2 Å². The largest absolute Gasteiger partial charge is 0.497 e. The number of nitrogens with zero attached hydrogens (tertiary/aromatic N) is 3. The van der Waals surface area contributed by atoms with E-state index in [9.17, 15) is 14.7 Å². The minimum Gasteiger partial charge on any atom is -0.497 e. The lowest BCUT2D eigenvalue weighted by Crippen LogP contribution is -2.36. The first kappa shape index (κ1) is 30.5. The van der Waals surface area contributed by atoms with Crippen LogP contribution >= 0.6 is 0 Å². The van der Waals surface area contributed by atoms with E-state index in [1.54, 1.807) is 32.6 Å². The molecule has 0 aliphatic carbocycles. The standard InChI is InChI=1S/C33H35N5O6/c1-21(2)30(40)36-32-35-29-28(31(41)37-32)34-20-38(29)18-25(39)19-44-33(22-8-6-5-7-9-22,23-10-14-26(42-3)15-11-23)24-12-16-27(43-4)17-13-24/h5-17,20-21,25,39H,18-19H2,1-4H3,(H2,35,36,37,40,41). The number of hydrogen-bond donors (Lipinski definition) is 3. The molecule has 0 saturated carbocycles. The lowest BCUT2D eigenvalue weighted by molar-refractivity contribution is -0.118. The van der Waals surface area contributed by atoms with Crippen LogP contribution < -0.4 is 20.3 Å². The molecular formula is C33H35N5O6. The molecule has 0 bridgehead atoms. The average Bonchev–Trinajstić information content (AvgIpc) is 3.45. The maximum Gasteiger partial charge on any atom is 0.280 e. The molecule has 5 aromatic rings. The van der Waals surface area contributed by atoms with Gasteiger partial charge in [-0.2, -0.15) is 4.98 Å². The molecule has 1 atom stereocenters. The fourth-order valence-corrected chi connectivity index (χ4v) is 4.98. The monoisotopic (exact) mass is 597 g/mol. The highest BCUT2D eigenvalue weighted by Gasteiger charge is 2.38. The van der Waals surface area contributed by atoms with E-state index in [1.807, 2.05) is 78.9 Å². The molecule has 0 spiro atoms. The van der Waals surface area contributed by atoms with Gasteiger partial charge in [-0.05, 0) is 41.0 Å². The molecule has 228 valence electrons. The molecule has 0 saturated heterocycles. The molecular weight excluding hydrogens is 562 g/mol. The lowest BCUT2D eigenvalue weighted by atomic mass is 9.80. The van der Waals surface area contributed by atoms with Crippen molar-refractivity contribution in [1.29, 1.82) is 0 Å². The Hall–Kier alpha value is -5.00. The first-order chi connectivity index (χ1) is 21.2. The number of ether oxygens (including phenoxy) is 3. The smallest absolute Gasteiger partial charge is 0.280 e. The molecule has 44 heavy (non-hydrogen) atoms. The van der Waals surface area contributed by atoms with Gasteiger partial charge in [-0.3, -0.25) is 19.9 Å². The van der Waals surface area contributed by atoms with Crippen LogP contribution in [-0.4, -0.2) is 57.5 Å². The molecule has 3 N–H and O–H groups in total. The van der Waals surface area contributed by atoms with E-state index in [4.69, 9.17) is 14.2 Å². The highest BCUT2D eigenvalue weighted by Crippen LogP contribution is 2.41. The third kappa shape index (κ3) is 6.19. The molecule has 5 rings (SSSR count). The van der Waals surface area contributed by atoms with Crippen molar-refractivity contribution in [3.8, 4) is 11.5 Å². The number of hydrogen-bond acceptors (Lipinski definition) is 8. The van der Waals surface area contributed by atoms with Crippen molar-refractivity contribution in [2.75, 3.05) is 26.1 Å². The van der Waals surface area contributed by atoms with Crippen LogP contribution in [0.5, 0.6) is 11.5 Å². The summed E-state index contributed by atoms with van der Waals surface area (Å²) in [5.74, 6) is 0.811. The van der Waals surface area contributed by atoms with E-state index < -0.39 is 17.3 Å². The van der Waals surface area contributed by atoms with Gasteiger partial charge in [-0.1, -0.05) is 68.4 Å². The van der Waals surface area contributed by atoms with Crippen molar-refractivity contribution in [3.63, 3.8) is 0 Å². The summed E-state index contributed by atoms with van der Waals surface area (Å²) in [5, 5.41) is 13.9. The molecule has 1 amide bonds. The zero-order valence-corrected chi connectivity index (χ0v) is 25.0. The van der Waals surface area contributed by atoms with Gasteiger partial charge < -0.3 is 23.9 Å². The van der Waals surface area contributed by atoms with Crippen molar-refractivity contribution in [2.24, 2.45) is 5.92 Å². The number of anilines is 1. The van der Waals surface area contributed by atoms with Gasteiger partial charge in [0.1, 0.15) is 17.1 Å². The van der Waals surface area contributed by atoms with Crippen molar-refractivity contribution in [1.82, 2.24) is 19.5 Å². The number of rotatable bonds is 12. The lowest BCUT2D eigenvalue weighted by Gasteiger charge is -2.36. The van der Waals surface area contributed by atoms with E-state index >= 15 is 0 Å². The van der Waals surface area contributed by atoms with Gasteiger partial charge in [-0.15, -0.1) is 0 Å². The van der Waals surface area contributed by atoms with Gasteiger partial charge in [0.05, 0.1) is 39.8 Å². The number of nitrogens with one attached hydrogen (secondary N) is 2. The van der Waals surface area contributed by atoms with Crippen LogP contribution in [0, 0.1) is 5.92 Å². The predicted molar refractivity (Wildman–Crippen MR) is 166 cm³/mol. The maximum atomic E-state index is 12.6. The Morgan fingerprint density at radius 2 is 1.50 bits per heavy atom. The first-order valence-corrected chi connectivity index (χ1v) is 14.2. The quantitative estimate of drug-likeness (QED) is 0.183. The maximum absolute atomic E-state index is 12.6. The van der Waals surface area contributed by atoms with Crippen LogP contribution in [0.3, 0.4) is 0 Å². The third-order valence-electron chi connectivity index (χ3n) is 7.31. The minimum atomic E-state index is -1.11. The zero-order valence-electron chi connectivity index (χ0n) is 25.0. The summed E-state index contributed by atoms with van der Waals surface area (Å²) in [6, 6.07) is 25.0. The van der Waals surface area contributed by atoms with Crippen LogP contribution in [0.1, 0.15) is 30.5 Å². The minimum absolute atomic E-state index is 0.01000. The van der Waals surface area contributed by atoms with Gasteiger partial charge in [-0.25, -0.2) is 4.98 Å². The average molecular weight is 598 g/mol. The van der Waals surface area contributed by atoms with Crippen molar-refractivity contribution >= 4 is 23.0 Å². The van der Waals surface area contributed by atoms with Gasteiger partial charge in [0.25, 0.3) is 5.56 Å². The Labute approximate surface area is 254 Å². The van der Waals surface area contributed by atoms with Crippen molar-refractivity contribution in [3.05, 3.63) is 112 Å². The summed E-state index contributed by atoms with van der Waals surface area (Å²) in [6.45, 7) is 3.41. The Balaban J connectivity index is 1.50. The van der Waals surface area contributed by atoms with Crippen molar-refractivity contribution < 1.29 is 24.1 Å². The number of benzene rings is 3. The Bertz CT molecular complexity index is 1720. The van der Waals surface area contributed by atoms with E-state index in [1.165, 1.54) is 6.33 Å². The first-order valence-electron chi connectivity index (χ1n) is 14.2. The van der Waals surface area contributed by atoms with E-state index in [-0.39, 0.29) is 42.1 Å². The van der Waals surface area contributed by atoms with Gasteiger partial charge in [0.2, 0.25) is 11.9 Å². The number of carbonyl (C=O) groups excluding carboxylic acids is 1. The predicted octanol–water partition coefficient (Wildman–Crippen LogP) is 4.10. The number of aliphatic hydroxyl groups excluding tert-OH is 1. The summed E-state index contributed by atoms with van der Waals surface area (Å²) in [7, 11) is 3.22. The summed E-state index contributed by atoms with van der Waals surface area (Å²) in [5.41, 5.74) is 1.22. The molecule has 2 aromatic heterocycles. The third-order valence-corrected chi connectivity index (χ3v) is 7.31. The van der Waals surface area contributed by atoms with E-state index in [0.29, 0.717) is 11.5 Å². The molecule has 3 aromatic carbocycles.